The number of nitrogens with zero attached hydrogens (tertiary/aromatic N) is 1. The van der Waals surface area contributed by atoms with Crippen molar-refractivity contribution in [2.45, 2.75) is 0 Å². The molecule has 3 aromatic rings. The van der Waals surface area contributed by atoms with Crippen LogP contribution >= 0.6 is 11.6 Å². The zero-order chi connectivity index (χ0) is 17.8. The molecule has 3 rings (SSSR count). The number of amides is 1. The van der Waals surface area contributed by atoms with Crippen molar-refractivity contribution in [3.8, 4) is 0 Å². The van der Waals surface area contributed by atoms with Crippen molar-refractivity contribution in [3.05, 3.63) is 83.0 Å². The van der Waals surface area contributed by atoms with Gasteiger partial charge in [-0.2, -0.15) is 0 Å². The Labute approximate surface area is 147 Å². The lowest BCUT2D eigenvalue weighted by molar-refractivity contribution is 0.102. The standard InChI is InChI=1S/C18H12ClF2N3O/c19-13-3-1-2-4-15(13)23-17-8-5-11(10-22-17)18(25)24-16-7-6-12(20)9-14(16)21/h1-10H,(H,22,23)(H,24,25). The van der Waals surface area contributed by atoms with E-state index in [0.29, 0.717) is 22.6 Å². The van der Waals surface area contributed by atoms with Crippen LogP contribution in [0.4, 0.5) is 26.0 Å². The van der Waals surface area contributed by atoms with Crippen molar-refractivity contribution in [2.24, 2.45) is 0 Å². The van der Waals surface area contributed by atoms with Crippen LogP contribution in [-0.2, 0) is 0 Å². The molecule has 126 valence electrons. The van der Waals surface area contributed by atoms with Gasteiger partial charge in [-0.1, -0.05) is 23.7 Å². The number of para-hydroxylation sites is 1. The third kappa shape index (κ3) is 4.10. The first-order valence-corrected chi connectivity index (χ1v) is 7.65. The van der Waals surface area contributed by atoms with E-state index in [-0.39, 0.29) is 11.3 Å². The first-order chi connectivity index (χ1) is 12.0. The number of rotatable bonds is 4. The molecule has 0 aliphatic carbocycles. The second kappa shape index (κ2) is 7.27. The number of carbonyl (C=O) groups excluding carboxylic acids is 1. The van der Waals surface area contributed by atoms with E-state index in [1.165, 1.54) is 12.3 Å². The summed E-state index contributed by atoms with van der Waals surface area (Å²) in [7, 11) is 0. The van der Waals surface area contributed by atoms with Crippen LogP contribution in [0.5, 0.6) is 0 Å². The molecule has 4 nitrogen and oxygen atoms in total. The van der Waals surface area contributed by atoms with Crippen LogP contribution in [0.3, 0.4) is 0 Å². The lowest BCUT2D eigenvalue weighted by Gasteiger charge is -2.09. The van der Waals surface area contributed by atoms with Crippen molar-refractivity contribution >= 4 is 34.7 Å². The maximum Gasteiger partial charge on any atom is 0.257 e. The Kier molecular flexibility index (Phi) is 4.90. The van der Waals surface area contributed by atoms with Gasteiger partial charge in [0.05, 0.1) is 22.0 Å². The lowest BCUT2D eigenvalue weighted by Crippen LogP contribution is -2.13. The second-order valence-corrected chi connectivity index (χ2v) is 5.52. The van der Waals surface area contributed by atoms with Crippen molar-refractivity contribution in [2.75, 3.05) is 10.6 Å². The van der Waals surface area contributed by atoms with E-state index < -0.39 is 17.5 Å². The highest BCUT2D eigenvalue weighted by atomic mass is 35.5. The first-order valence-electron chi connectivity index (χ1n) is 7.27. The Bertz CT molecular complexity index is 916. The van der Waals surface area contributed by atoms with Crippen LogP contribution in [0.2, 0.25) is 5.02 Å². The van der Waals surface area contributed by atoms with E-state index >= 15 is 0 Å². The minimum absolute atomic E-state index is 0.107. The molecule has 2 N–H and O–H groups in total. The molecule has 0 saturated carbocycles. The Morgan fingerprint density at radius 2 is 1.80 bits per heavy atom. The van der Waals surface area contributed by atoms with Gasteiger partial charge >= 0.3 is 0 Å². The van der Waals surface area contributed by atoms with Gasteiger partial charge in [0.2, 0.25) is 0 Å². The number of carbonyl (C=O) groups is 1. The largest absolute Gasteiger partial charge is 0.339 e. The van der Waals surface area contributed by atoms with Gasteiger partial charge in [-0.05, 0) is 36.4 Å². The molecule has 1 aromatic heterocycles. The second-order valence-electron chi connectivity index (χ2n) is 5.12. The average Bonchev–Trinajstić information content (AvgIpc) is 2.60. The Morgan fingerprint density at radius 1 is 1.00 bits per heavy atom. The van der Waals surface area contributed by atoms with E-state index in [1.807, 2.05) is 12.1 Å². The molecule has 0 radical (unpaired) electrons. The topological polar surface area (TPSA) is 54.0 Å². The Hall–Kier alpha value is -2.99. The maximum absolute atomic E-state index is 13.6. The fourth-order valence-electron chi connectivity index (χ4n) is 2.09. The fraction of sp³-hybridized carbons (Fsp3) is 0. The minimum atomic E-state index is -0.849. The molecule has 1 amide bonds. The SMILES string of the molecule is O=C(Nc1ccc(F)cc1F)c1ccc(Nc2ccccc2Cl)nc1. The van der Waals surface area contributed by atoms with Crippen LogP contribution < -0.4 is 10.6 Å². The van der Waals surface area contributed by atoms with Crippen LogP contribution in [-0.4, -0.2) is 10.9 Å². The summed E-state index contributed by atoms with van der Waals surface area (Å²) in [5.74, 6) is -1.62. The van der Waals surface area contributed by atoms with E-state index in [1.54, 1.807) is 18.2 Å². The monoisotopic (exact) mass is 359 g/mol. The number of hydrogen-bond donors (Lipinski definition) is 2. The predicted octanol–water partition coefficient (Wildman–Crippen LogP) is 5.01. The highest BCUT2D eigenvalue weighted by molar-refractivity contribution is 6.33. The van der Waals surface area contributed by atoms with E-state index in [4.69, 9.17) is 11.6 Å². The Morgan fingerprint density at radius 3 is 2.48 bits per heavy atom. The van der Waals surface area contributed by atoms with Crippen molar-refractivity contribution < 1.29 is 13.6 Å². The fourth-order valence-corrected chi connectivity index (χ4v) is 2.27. The van der Waals surface area contributed by atoms with Gasteiger partial charge in [-0.15, -0.1) is 0 Å². The van der Waals surface area contributed by atoms with Gasteiger partial charge in [0.15, 0.2) is 0 Å². The van der Waals surface area contributed by atoms with Crippen LogP contribution in [0.15, 0.2) is 60.8 Å². The molecule has 2 aromatic carbocycles. The molecule has 0 aliphatic rings. The summed E-state index contributed by atoms with van der Waals surface area (Å²) in [5.41, 5.74) is 0.806. The third-order valence-electron chi connectivity index (χ3n) is 3.34. The number of aromatic nitrogens is 1. The van der Waals surface area contributed by atoms with Gasteiger partial charge < -0.3 is 10.6 Å². The minimum Gasteiger partial charge on any atom is -0.339 e. The van der Waals surface area contributed by atoms with E-state index in [0.717, 1.165) is 12.1 Å². The number of halogens is 3. The van der Waals surface area contributed by atoms with E-state index in [9.17, 15) is 13.6 Å². The average molecular weight is 360 g/mol. The molecule has 0 fully saturated rings. The number of nitrogens with one attached hydrogen (secondary N) is 2. The highest BCUT2D eigenvalue weighted by Crippen LogP contribution is 2.24. The molecule has 0 saturated heterocycles. The summed E-state index contributed by atoms with van der Waals surface area (Å²) in [6, 6.07) is 13.2. The summed E-state index contributed by atoms with van der Waals surface area (Å²) in [5, 5.41) is 5.94. The summed E-state index contributed by atoms with van der Waals surface area (Å²) in [6.07, 6.45) is 1.34. The summed E-state index contributed by atoms with van der Waals surface area (Å²) in [4.78, 5) is 16.3. The van der Waals surface area contributed by atoms with Crippen LogP contribution in [0.25, 0.3) is 0 Å². The van der Waals surface area contributed by atoms with Crippen molar-refractivity contribution in [1.29, 1.82) is 0 Å². The maximum atomic E-state index is 13.6. The quantitative estimate of drug-likeness (QED) is 0.688. The third-order valence-corrected chi connectivity index (χ3v) is 3.67. The molecule has 0 atom stereocenters. The first kappa shape index (κ1) is 16.9. The van der Waals surface area contributed by atoms with Gasteiger partial charge in [0, 0.05) is 12.3 Å². The predicted molar refractivity (Wildman–Crippen MR) is 93.3 cm³/mol. The van der Waals surface area contributed by atoms with E-state index in [2.05, 4.69) is 15.6 Å². The number of hydrogen-bond acceptors (Lipinski definition) is 3. The summed E-state index contributed by atoms with van der Waals surface area (Å²) < 4.78 is 26.5. The number of benzene rings is 2. The Balaban J connectivity index is 1.71. The number of anilines is 3. The smallest absolute Gasteiger partial charge is 0.257 e. The molecule has 0 bridgehead atoms. The van der Waals surface area contributed by atoms with Crippen LogP contribution in [0.1, 0.15) is 10.4 Å². The lowest BCUT2D eigenvalue weighted by atomic mass is 10.2. The number of pyridine rings is 1. The van der Waals surface area contributed by atoms with Crippen molar-refractivity contribution in [3.63, 3.8) is 0 Å². The molecule has 25 heavy (non-hydrogen) atoms. The summed E-state index contributed by atoms with van der Waals surface area (Å²) >= 11 is 6.06. The molecule has 0 unspecified atom stereocenters. The zero-order valence-electron chi connectivity index (χ0n) is 12.8. The molecule has 0 aliphatic heterocycles. The molecule has 7 heteroatoms. The van der Waals surface area contributed by atoms with Gasteiger partial charge in [0.25, 0.3) is 5.91 Å². The van der Waals surface area contributed by atoms with Crippen LogP contribution in [0, 0.1) is 11.6 Å². The molecule has 0 spiro atoms. The summed E-state index contributed by atoms with van der Waals surface area (Å²) in [6.45, 7) is 0. The molecule has 1 heterocycles. The molecular weight excluding hydrogens is 348 g/mol. The van der Waals surface area contributed by atoms with Crippen molar-refractivity contribution in [1.82, 2.24) is 4.98 Å². The highest BCUT2D eigenvalue weighted by Gasteiger charge is 2.11. The van der Waals surface area contributed by atoms with Gasteiger partial charge in [-0.25, -0.2) is 13.8 Å². The normalized spacial score (nSPS) is 10.4. The van der Waals surface area contributed by atoms with Gasteiger partial charge in [0.1, 0.15) is 17.5 Å². The zero-order valence-corrected chi connectivity index (χ0v) is 13.5. The molecular formula is C18H12ClF2N3O. The van der Waals surface area contributed by atoms with Gasteiger partial charge in [-0.3, -0.25) is 4.79 Å².